The molecule has 0 radical (unpaired) electrons. The van der Waals surface area contributed by atoms with Crippen LogP contribution in [0.1, 0.15) is 51.3 Å². The van der Waals surface area contributed by atoms with Crippen molar-refractivity contribution in [3.05, 3.63) is 81.0 Å². The van der Waals surface area contributed by atoms with Gasteiger partial charge >= 0.3 is 0 Å². The number of rotatable bonds is 8. The van der Waals surface area contributed by atoms with Gasteiger partial charge in [-0.3, -0.25) is 9.59 Å². The molecule has 1 aliphatic heterocycles. The summed E-state index contributed by atoms with van der Waals surface area (Å²) in [4.78, 5) is 32.1. The highest BCUT2D eigenvalue weighted by Crippen LogP contribution is 2.38. The van der Waals surface area contributed by atoms with Crippen LogP contribution in [0, 0.1) is 6.92 Å². The summed E-state index contributed by atoms with van der Waals surface area (Å²) in [5, 5.41) is 2.10. The van der Waals surface area contributed by atoms with Gasteiger partial charge in [-0.05, 0) is 54.5 Å². The number of amides is 2. The summed E-state index contributed by atoms with van der Waals surface area (Å²) in [5.41, 5.74) is 3.88. The summed E-state index contributed by atoms with van der Waals surface area (Å²) in [5.74, 6) is 0.764. The molecule has 0 saturated heterocycles. The Morgan fingerprint density at radius 1 is 1.09 bits per heavy atom. The largest absolute Gasteiger partial charge is 0.497 e. The first-order valence-electron chi connectivity index (χ1n) is 11.9. The van der Waals surface area contributed by atoms with Gasteiger partial charge in [0, 0.05) is 24.0 Å². The van der Waals surface area contributed by atoms with Gasteiger partial charge in [0.2, 0.25) is 5.91 Å². The standard InChI is InChI=1S/C28H32N2O4S/c1-5-14-29(28(32)22-11-10-21(33-3)17-24(22)34-4)18-26(31)30-15-12-25-23(13-16-35-25)27(30)20-8-6-19(2)7-9-20/h6-11,13,16-17,27H,5,12,14-15,18H2,1-4H3. The summed E-state index contributed by atoms with van der Waals surface area (Å²) >= 11 is 1.75. The van der Waals surface area contributed by atoms with E-state index in [1.54, 1.807) is 41.5 Å². The van der Waals surface area contributed by atoms with Crippen LogP contribution in [-0.2, 0) is 11.2 Å². The number of hydrogen-bond acceptors (Lipinski definition) is 5. The molecule has 0 fully saturated rings. The maximum atomic E-state index is 13.7. The maximum Gasteiger partial charge on any atom is 0.258 e. The number of nitrogens with zero attached hydrogens (tertiary/aromatic N) is 2. The Balaban J connectivity index is 1.61. The highest BCUT2D eigenvalue weighted by Gasteiger charge is 2.34. The van der Waals surface area contributed by atoms with Crippen molar-refractivity contribution in [3.63, 3.8) is 0 Å². The molecule has 2 amide bonds. The monoisotopic (exact) mass is 492 g/mol. The van der Waals surface area contributed by atoms with E-state index < -0.39 is 0 Å². The first-order valence-corrected chi connectivity index (χ1v) is 12.8. The summed E-state index contributed by atoms with van der Waals surface area (Å²) in [7, 11) is 3.10. The van der Waals surface area contributed by atoms with Crippen molar-refractivity contribution in [3.8, 4) is 11.5 Å². The van der Waals surface area contributed by atoms with Gasteiger partial charge in [-0.15, -0.1) is 11.3 Å². The van der Waals surface area contributed by atoms with Crippen molar-refractivity contribution in [2.24, 2.45) is 0 Å². The SMILES string of the molecule is CCCN(CC(=O)N1CCc2sccc2C1c1ccc(C)cc1)C(=O)c1ccc(OC)cc1OC. The van der Waals surface area contributed by atoms with Crippen LogP contribution in [0.25, 0.3) is 0 Å². The minimum atomic E-state index is -0.222. The van der Waals surface area contributed by atoms with Crippen LogP contribution < -0.4 is 9.47 Å². The van der Waals surface area contributed by atoms with Crippen LogP contribution in [0.15, 0.2) is 53.9 Å². The zero-order valence-corrected chi connectivity index (χ0v) is 21.6. The zero-order valence-electron chi connectivity index (χ0n) is 20.7. The van der Waals surface area contributed by atoms with Gasteiger partial charge in [-0.2, -0.15) is 0 Å². The van der Waals surface area contributed by atoms with Crippen LogP contribution in [0.4, 0.5) is 0 Å². The smallest absolute Gasteiger partial charge is 0.258 e. The number of benzene rings is 2. The number of aryl methyl sites for hydroxylation is 1. The fourth-order valence-corrected chi connectivity index (χ4v) is 5.52. The normalized spacial score (nSPS) is 14.9. The summed E-state index contributed by atoms with van der Waals surface area (Å²) in [6.45, 7) is 5.19. The van der Waals surface area contributed by atoms with Crippen LogP contribution in [0.3, 0.4) is 0 Å². The molecule has 1 atom stereocenters. The first-order chi connectivity index (χ1) is 17.0. The third-order valence-electron chi connectivity index (χ3n) is 6.43. The third kappa shape index (κ3) is 5.20. The van der Waals surface area contributed by atoms with E-state index in [1.807, 2.05) is 11.8 Å². The predicted molar refractivity (Wildman–Crippen MR) is 138 cm³/mol. The van der Waals surface area contributed by atoms with E-state index in [1.165, 1.54) is 23.1 Å². The fraction of sp³-hybridized carbons (Fsp3) is 0.357. The van der Waals surface area contributed by atoms with Crippen LogP contribution in [0.5, 0.6) is 11.5 Å². The quantitative estimate of drug-likeness (QED) is 0.439. The third-order valence-corrected chi connectivity index (χ3v) is 7.42. The topological polar surface area (TPSA) is 59.1 Å². The van der Waals surface area contributed by atoms with Crippen molar-refractivity contribution in [1.29, 1.82) is 0 Å². The molecule has 1 unspecified atom stereocenters. The number of thiophene rings is 1. The van der Waals surface area contributed by atoms with Gasteiger partial charge in [-0.1, -0.05) is 36.8 Å². The molecular weight excluding hydrogens is 460 g/mol. The molecular formula is C28H32N2O4S. The van der Waals surface area contributed by atoms with Crippen molar-refractivity contribution in [1.82, 2.24) is 9.80 Å². The number of hydrogen-bond donors (Lipinski definition) is 0. The lowest BCUT2D eigenvalue weighted by Gasteiger charge is -2.37. The molecule has 184 valence electrons. The lowest BCUT2D eigenvalue weighted by Crippen LogP contribution is -2.47. The molecule has 2 aromatic carbocycles. The van der Waals surface area contributed by atoms with Gasteiger partial charge in [0.15, 0.2) is 0 Å². The Bertz CT molecular complexity index is 1190. The predicted octanol–water partition coefficient (Wildman–Crippen LogP) is 5.10. The van der Waals surface area contributed by atoms with Crippen molar-refractivity contribution in [2.75, 3.05) is 33.9 Å². The number of ether oxygens (including phenoxy) is 2. The molecule has 7 heteroatoms. The molecule has 1 aromatic heterocycles. The van der Waals surface area contributed by atoms with E-state index in [0.717, 1.165) is 18.4 Å². The molecule has 4 rings (SSSR count). The van der Waals surface area contributed by atoms with Gasteiger partial charge in [-0.25, -0.2) is 0 Å². The average Bonchev–Trinajstić information content (AvgIpc) is 3.36. The van der Waals surface area contributed by atoms with Gasteiger partial charge < -0.3 is 19.3 Å². The second-order valence-corrected chi connectivity index (χ2v) is 9.74. The fourth-order valence-electron chi connectivity index (χ4n) is 4.62. The Labute approximate surface area is 211 Å². The highest BCUT2D eigenvalue weighted by molar-refractivity contribution is 7.10. The van der Waals surface area contributed by atoms with Gasteiger partial charge in [0.25, 0.3) is 5.91 Å². The molecule has 3 aromatic rings. The second kappa shape index (κ2) is 11.0. The minimum Gasteiger partial charge on any atom is -0.497 e. The Kier molecular flexibility index (Phi) is 7.76. The van der Waals surface area contributed by atoms with E-state index in [2.05, 4.69) is 42.6 Å². The molecule has 0 spiro atoms. The Morgan fingerprint density at radius 3 is 2.54 bits per heavy atom. The molecule has 2 heterocycles. The van der Waals surface area contributed by atoms with Crippen molar-refractivity contribution < 1.29 is 19.1 Å². The summed E-state index contributed by atoms with van der Waals surface area (Å²) in [6, 6.07) is 15.5. The van der Waals surface area contributed by atoms with E-state index >= 15 is 0 Å². The maximum absolute atomic E-state index is 13.7. The van der Waals surface area contributed by atoms with Crippen molar-refractivity contribution >= 4 is 23.2 Å². The zero-order chi connectivity index (χ0) is 24.9. The molecule has 0 N–H and O–H groups in total. The number of fused-ring (bicyclic) bond motifs is 1. The second-order valence-electron chi connectivity index (χ2n) is 8.74. The molecule has 6 nitrogen and oxygen atoms in total. The average molecular weight is 493 g/mol. The van der Waals surface area contributed by atoms with Gasteiger partial charge in [0.05, 0.1) is 25.8 Å². The molecule has 0 bridgehead atoms. The van der Waals surface area contributed by atoms with E-state index in [4.69, 9.17) is 9.47 Å². The first kappa shape index (κ1) is 24.8. The number of methoxy groups -OCH3 is 2. The summed E-state index contributed by atoms with van der Waals surface area (Å²) < 4.78 is 10.7. The molecule has 1 aliphatic rings. The molecule has 0 aliphatic carbocycles. The van der Waals surface area contributed by atoms with Crippen molar-refractivity contribution in [2.45, 2.75) is 32.7 Å². The Hall–Kier alpha value is -3.32. The molecule has 35 heavy (non-hydrogen) atoms. The van der Waals surface area contributed by atoms with Crippen LogP contribution >= 0.6 is 11.3 Å². The lowest BCUT2D eigenvalue weighted by molar-refractivity contribution is -0.134. The highest BCUT2D eigenvalue weighted by atomic mass is 32.1. The van der Waals surface area contributed by atoms with E-state index in [9.17, 15) is 9.59 Å². The number of carbonyl (C=O) groups excluding carboxylic acids is 2. The van der Waals surface area contributed by atoms with E-state index in [-0.39, 0.29) is 24.4 Å². The molecule has 0 saturated carbocycles. The lowest BCUT2D eigenvalue weighted by atomic mass is 9.92. The number of carbonyl (C=O) groups is 2. The Morgan fingerprint density at radius 2 is 1.86 bits per heavy atom. The minimum absolute atomic E-state index is 0.0175. The van der Waals surface area contributed by atoms with Gasteiger partial charge in [0.1, 0.15) is 18.0 Å². The van der Waals surface area contributed by atoms with Crippen LogP contribution in [0.2, 0.25) is 0 Å². The van der Waals surface area contributed by atoms with Crippen LogP contribution in [-0.4, -0.2) is 55.5 Å². The summed E-state index contributed by atoms with van der Waals surface area (Å²) in [6.07, 6.45) is 1.57. The van der Waals surface area contributed by atoms with E-state index in [0.29, 0.717) is 30.2 Å².